The first-order chi connectivity index (χ1) is 9.08. The fraction of sp³-hybridized carbons (Fsp3) is 0.133. The maximum Gasteiger partial charge on any atom is 0.229 e. The minimum absolute atomic E-state index is 0.414. The van der Waals surface area contributed by atoms with Gasteiger partial charge in [0.1, 0.15) is 0 Å². The van der Waals surface area contributed by atoms with Crippen molar-refractivity contribution in [1.82, 2.24) is 0 Å². The molecule has 1 nitrogen and oxygen atoms in total. The number of halogens is 3. The molecule has 0 bridgehead atoms. The van der Waals surface area contributed by atoms with Crippen molar-refractivity contribution in [2.24, 2.45) is 0 Å². The molecule has 0 radical (unpaired) electrons. The van der Waals surface area contributed by atoms with Crippen molar-refractivity contribution in [1.29, 1.82) is 0 Å². The van der Waals surface area contributed by atoms with Gasteiger partial charge in [0.2, 0.25) is 5.24 Å². The van der Waals surface area contributed by atoms with Crippen LogP contribution in [0.25, 0.3) is 0 Å². The molecule has 2 aromatic rings. The molecule has 2 aromatic carbocycles. The summed E-state index contributed by atoms with van der Waals surface area (Å²) in [5.41, 5.74) is 1.74. The second kappa shape index (κ2) is 6.42. The van der Waals surface area contributed by atoms with Crippen molar-refractivity contribution < 1.29 is 4.79 Å². The van der Waals surface area contributed by atoms with Gasteiger partial charge in [-0.25, -0.2) is 0 Å². The van der Waals surface area contributed by atoms with Crippen LogP contribution < -0.4 is 0 Å². The summed E-state index contributed by atoms with van der Waals surface area (Å²) >= 11 is 17.7. The molecule has 0 aromatic heterocycles. The third-order valence-corrected chi connectivity index (χ3v) is 3.77. The summed E-state index contributed by atoms with van der Waals surface area (Å²) < 4.78 is 0. The highest BCUT2D eigenvalue weighted by Gasteiger charge is 2.21. The maximum atomic E-state index is 11.6. The van der Waals surface area contributed by atoms with E-state index in [2.05, 4.69) is 0 Å². The third-order valence-electron chi connectivity index (χ3n) is 2.91. The molecule has 0 saturated carbocycles. The number of carbonyl (C=O) groups excluding carboxylic acids is 1. The van der Waals surface area contributed by atoms with Gasteiger partial charge >= 0.3 is 0 Å². The quantitative estimate of drug-likeness (QED) is 0.719. The van der Waals surface area contributed by atoms with Gasteiger partial charge in [0, 0.05) is 10.0 Å². The fourth-order valence-corrected chi connectivity index (χ4v) is 2.51. The van der Waals surface area contributed by atoms with E-state index in [4.69, 9.17) is 34.8 Å². The molecule has 0 saturated heterocycles. The van der Waals surface area contributed by atoms with Gasteiger partial charge in [-0.3, -0.25) is 4.79 Å². The van der Waals surface area contributed by atoms with E-state index in [-0.39, 0.29) is 0 Å². The van der Waals surface area contributed by atoms with Crippen molar-refractivity contribution in [2.45, 2.75) is 12.3 Å². The van der Waals surface area contributed by atoms with Crippen LogP contribution in [0.2, 0.25) is 10.0 Å². The molecule has 4 heteroatoms. The predicted octanol–water partition coefficient (Wildman–Crippen LogP) is 5.09. The first-order valence-corrected chi connectivity index (χ1v) is 6.89. The third kappa shape index (κ3) is 3.73. The molecule has 0 fully saturated rings. The molecule has 0 aliphatic carbocycles. The summed E-state index contributed by atoms with van der Waals surface area (Å²) in [6, 6.07) is 14.6. The Balaban J connectivity index is 2.29. The molecule has 19 heavy (non-hydrogen) atoms. The van der Waals surface area contributed by atoms with Crippen molar-refractivity contribution in [2.75, 3.05) is 0 Å². The summed E-state index contributed by atoms with van der Waals surface area (Å²) in [6.07, 6.45) is 0.503. The van der Waals surface area contributed by atoms with E-state index in [0.717, 1.165) is 11.1 Å². The molecule has 1 unspecified atom stereocenters. The Morgan fingerprint density at radius 1 is 1.00 bits per heavy atom. The zero-order chi connectivity index (χ0) is 13.8. The van der Waals surface area contributed by atoms with Crippen LogP contribution in [0.1, 0.15) is 17.0 Å². The van der Waals surface area contributed by atoms with Gasteiger partial charge in [0.15, 0.2) is 0 Å². The lowest BCUT2D eigenvalue weighted by Crippen LogP contribution is -2.10. The zero-order valence-corrected chi connectivity index (χ0v) is 12.2. The summed E-state index contributed by atoms with van der Waals surface area (Å²) in [4.78, 5) is 11.6. The number of hydrogen-bond donors (Lipinski definition) is 0. The predicted molar refractivity (Wildman–Crippen MR) is 80.2 cm³/mol. The van der Waals surface area contributed by atoms with Crippen LogP contribution in [0.5, 0.6) is 0 Å². The van der Waals surface area contributed by atoms with E-state index in [1.165, 1.54) is 0 Å². The largest absolute Gasteiger partial charge is 0.281 e. The molecule has 1 atom stereocenters. The fourth-order valence-electron chi connectivity index (χ4n) is 1.93. The van der Waals surface area contributed by atoms with E-state index >= 15 is 0 Å². The van der Waals surface area contributed by atoms with Gasteiger partial charge in [0.25, 0.3) is 0 Å². The number of rotatable bonds is 4. The normalized spacial score (nSPS) is 12.2. The summed E-state index contributed by atoms with van der Waals surface area (Å²) in [5, 5.41) is 0.800. The van der Waals surface area contributed by atoms with Crippen LogP contribution in [-0.2, 0) is 11.2 Å². The van der Waals surface area contributed by atoms with Crippen LogP contribution >= 0.6 is 34.8 Å². The molecular weight excluding hydrogens is 303 g/mol. The van der Waals surface area contributed by atoms with E-state index in [1.54, 1.807) is 18.2 Å². The van der Waals surface area contributed by atoms with E-state index < -0.39 is 11.2 Å². The lowest BCUT2D eigenvalue weighted by Gasteiger charge is -2.14. The minimum Gasteiger partial charge on any atom is -0.281 e. The lowest BCUT2D eigenvalue weighted by atomic mass is 9.93. The Morgan fingerprint density at radius 3 is 2.21 bits per heavy atom. The number of benzene rings is 2. The smallest absolute Gasteiger partial charge is 0.229 e. The highest BCUT2D eigenvalue weighted by Crippen LogP contribution is 2.29. The molecule has 0 N–H and O–H groups in total. The molecule has 98 valence electrons. The number of carbonyl (C=O) groups is 1. The Hall–Kier alpha value is -1.02. The minimum atomic E-state index is -0.448. The van der Waals surface area contributed by atoms with Gasteiger partial charge in [-0.15, -0.1) is 0 Å². The van der Waals surface area contributed by atoms with Crippen LogP contribution in [0.3, 0.4) is 0 Å². The first kappa shape index (κ1) is 14.4. The van der Waals surface area contributed by atoms with Crippen molar-refractivity contribution in [3.05, 3.63) is 69.7 Å². The van der Waals surface area contributed by atoms with Crippen LogP contribution in [0.4, 0.5) is 0 Å². The van der Waals surface area contributed by atoms with E-state index in [1.807, 2.05) is 30.3 Å². The van der Waals surface area contributed by atoms with Crippen LogP contribution in [-0.4, -0.2) is 5.24 Å². The highest BCUT2D eigenvalue weighted by atomic mass is 35.5. The Kier molecular flexibility index (Phi) is 4.87. The second-order valence-corrected chi connectivity index (χ2v) is 5.42. The van der Waals surface area contributed by atoms with Gasteiger partial charge < -0.3 is 0 Å². The lowest BCUT2D eigenvalue weighted by molar-refractivity contribution is -0.113. The molecule has 2 rings (SSSR count). The Morgan fingerprint density at radius 2 is 1.63 bits per heavy atom. The van der Waals surface area contributed by atoms with Crippen LogP contribution in [0.15, 0.2) is 48.5 Å². The summed E-state index contributed by atoms with van der Waals surface area (Å²) in [7, 11) is 0. The van der Waals surface area contributed by atoms with Gasteiger partial charge in [0.05, 0.1) is 5.92 Å². The van der Waals surface area contributed by atoms with E-state index in [0.29, 0.717) is 16.5 Å². The van der Waals surface area contributed by atoms with Crippen molar-refractivity contribution >= 4 is 40.0 Å². The van der Waals surface area contributed by atoms with Crippen molar-refractivity contribution in [3.8, 4) is 0 Å². The molecule has 0 aliphatic heterocycles. The zero-order valence-electron chi connectivity index (χ0n) is 9.95. The summed E-state index contributed by atoms with van der Waals surface area (Å²) in [6.45, 7) is 0. The maximum absolute atomic E-state index is 11.6. The average molecular weight is 314 g/mol. The molecule has 0 heterocycles. The highest BCUT2D eigenvalue weighted by molar-refractivity contribution is 6.64. The monoisotopic (exact) mass is 312 g/mol. The van der Waals surface area contributed by atoms with Crippen molar-refractivity contribution in [3.63, 3.8) is 0 Å². The molecule has 0 aliphatic rings. The first-order valence-electron chi connectivity index (χ1n) is 5.76. The number of hydrogen-bond acceptors (Lipinski definition) is 1. The van der Waals surface area contributed by atoms with Gasteiger partial charge in [-0.1, -0.05) is 53.5 Å². The Labute approximate surface area is 127 Å². The van der Waals surface area contributed by atoms with E-state index in [9.17, 15) is 4.79 Å². The second-order valence-electron chi connectivity index (χ2n) is 4.21. The van der Waals surface area contributed by atoms with Gasteiger partial charge in [-0.05, 0) is 47.3 Å². The van der Waals surface area contributed by atoms with Gasteiger partial charge in [-0.2, -0.15) is 0 Å². The topological polar surface area (TPSA) is 17.1 Å². The molecule has 0 spiro atoms. The Bertz CT molecular complexity index is 578. The average Bonchev–Trinajstić information content (AvgIpc) is 2.39. The summed E-state index contributed by atoms with van der Waals surface area (Å²) in [5.74, 6) is -0.448. The standard InChI is InChI=1S/C15H11Cl3O/c16-11-7-5-10(6-8-11)9-13(15(18)19)12-3-1-2-4-14(12)17/h1-8,13H,9H2. The molecular formula is C15H11Cl3O. The SMILES string of the molecule is O=C(Cl)C(Cc1ccc(Cl)cc1)c1ccccc1Cl. The van der Waals surface area contributed by atoms with Crippen LogP contribution in [0, 0.1) is 0 Å². The molecule has 0 amide bonds.